The highest BCUT2D eigenvalue weighted by Crippen LogP contribution is 2.10. The molecule has 0 aliphatic carbocycles. The van der Waals surface area contributed by atoms with E-state index in [4.69, 9.17) is 0 Å². The van der Waals surface area contributed by atoms with Crippen molar-refractivity contribution in [3.63, 3.8) is 0 Å². The maximum atomic E-state index is 11.5. The highest BCUT2D eigenvalue weighted by molar-refractivity contribution is 14.0. The zero-order valence-corrected chi connectivity index (χ0v) is 16.2. The number of aliphatic imine (C=N–C) groups is 1. The third kappa shape index (κ3) is 6.51. The number of amides is 1. The van der Waals surface area contributed by atoms with Gasteiger partial charge in [-0.3, -0.25) is 4.79 Å². The molecule has 0 aromatic carbocycles. The van der Waals surface area contributed by atoms with Gasteiger partial charge < -0.3 is 15.5 Å². The molecule has 0 bridgehead atoms. The summed E-state index contributed by atoms with van der Waals surface area (Å²) in [5.74, 6) is 1.15. The van der Waals surface area contributed by atoms with E-state index >= 15 is 0 Å². The Balaban J connectivity index is 0.00000242. The van der Waals surface area contributed by atoms with Crippen LogP contribution in [-0.2, 0) is 11.3 Å². The Labute approximate surface area is 153 Å². The average molecular weight is 436 g/mol. The van der Waals surface area contributed by atoms with Crippen molar-refractivity contribution < 1.29 is 4.79 Å². The molecule has 7 heteroatoms. The van der Waals surface area contributed by atoms with E-state index in [9.17, 15) is 4.79 Å². The van der Waals surface area contributed by atoms with Gasteiger partial charge in [-0.2, -0.15) is 0 Å². The first kappa shape index (κ1) is 19.2. The monoisotopic (exact) mass is 436 g/mol. The Morgan fingerprint density at radius 1 is 1.45 bits per heavy atom. The molecule has 1 fully saturated rings. The minimum absolute atomic E-state index is 0. The minimum atomic E-state index is 0. The molecule has 1 saturated heterocycles. The lowest BCUT2D eigenvalue weighted by Crippen LogP contribution is -2.38. The summed E-state index contributed by atoms with van der Waals surface area (Å²) >= 11 is 1.72. The summed E-state index contributed by atoms with van der Waals surface area (Å²) in [5, 5.41) is 8.64. The number of carbonyl (C=O) groups is 1. The summed E-state index contributed by atoms with van der Waals surface area (Å²) < 4.78 is 0. The lowest BCUT2D eigenvalue weighted by Gasteiger charge is -2.16. The molecule has 1 aromatic heterocycles. The average Bonchev–Trinajstić information content (AvgIpc) is 3.13. The van der Waals surface area contributed by atoms with Crippen molar-refractivity contribution >= 4 is 47.2 Å². The van der Waals surface area contributed by atoms with Gasteiger partial charge in [-0.05, 0) is 31.2 Å². The van der Waals surface area contributed by atoms with E-state index < -0.39 is 0 Å². The highest BCUT2D eigenvalue weighted by Gasteiger charge is 2.18. The van der Waals surface area contributed by atoms with Crippen LogP contribution in [0.5, 0.6) is 0 Å². The van der Waals surface area contributed by atoms with Gasteiger partial charge in [0.25, 0.3) is 0 Å². The van der Waals surface area contributed by atoms with Crippen molar-refractivity contribution in [3.8, 4) is 0 Å². The van der Waals surface area contributed by atoms with Gasteiger partial charge in [-0.15, -0.1) is 35.3 Å². The zero-order chi connectivity index (χ0) is 14.9. The highest BCUT2D eigenvalue weighted by atomic mass is 127. The number of thiophene rings is 1. The van der Waals surface area contributed by atoms with Crippen LogP contribution in [0.25, 0.3) is 0 Å². The molecule has 1 amide bonds. The molecule has 2 heterocycles. The SMILES string of the molecule is CCNC(=NCc1cccs1)NCCCN1CCCC1=O.I. The van der Waals surface area contributed by atoms with Crippen LogP contribution in [0.1, 0.15) is 31.1 Å². The van der Waals surface area contributed by atoms with Crippen LogP contribution in [0.4, 0.5) is 0 Å². The van der Waals surface area contributed by atoms with Crippen molar-refractivity contribution in [2.75, 3.05) is 26.2 Å². The quantitative estimate of drug-likeness (QED) is 0.299. The van der Waals surface area contributed by atoms with Gasteiger partial charge >= 0.3 is 0 Å². The molecular formula is C15H25IN4OS. The molecule has 124 valence electrons. The van der Waals surface area contributed by atoms with Crippen LogP contribution in [0.2, 0.25) is 0 Å². The van der Waals surface area contributed by atoms with E-state index in [1.54, 1.807) is 11.3 Å². The number of hydrogen-bond acceptors (Lipinski definition) is 3. The van der Waals surface area contributed by atoms with Crippen molar-refractivity contribution in [2.24, 2.45) is 4.99 Å². The molecule has 0 radical (unpaired) electrons. The number of nitrogens with zero attached hydrogens (tertiary/aromatic N) is 2. The third-order valence-electron chi connectivity index (χ3n) is 3.39. The van der Waals surface area contributed by atoms with E-state index in [0.29, 0.717) is 12.5 Å². The summed E-state index contributed by atoms with van der Waals surface area (Å²) in [7, 11) is 0. The second-order valence-corrected chi connectivity index (χ2v) is 6.07. The maximum absolute atomic E-state index is 11.5. The van der Waals surface area contributed by atoms with E-state index in [1.165, 1.54) is 4.88 Å². The molecule has 1 aliphatic rings. The van der Waals surface area contributed by atoms with Crippen LogP contribution < -0.4 is 10.6 Å². The fourth-order valence-corrected chi connectivity index (χ4v) is 2.95. The number of guanidine groups is 1. The molecule has 2 N–H and O–H groups in total. The Bertz CT molecular complexity index is 464. The summed E-state index contributed by atoms with van der Waals surface area (Å²) in [5.41, 5.74) is 0. The van der Waals surface area contributed by atoms with E-state index in [0.717, 1.165) is 51.4 Å². The Hall–Kier alpha value is -0.830. The molecule has 1 aliphatic heterocycles. The number of halogens is 1. The van der Waals surface area contributed by atoms with E-state index in [2.05, 4.69) is 34.0 Å². The lowest BCUT2D eigenvalue weighted by atomic mass is 10.4. The Morgan fingerprint density at radius 3 is 2.95 bits per heavy atom. The smallest absolute Gasteiger partial charge is 0.222 e. The van der Waals surface area contributed by atoms with Crippen molar-refractivity contribution in [1.29, 1.82) is 0 Å². The van der Waals surface area contributed by atoms with Gasteiger partial charge in [0.15, 0.2) is 5.96 Å². The third-order valence-corrected chi connectivity index (χ3v) is 4.25. The molecule has 0 saturated carbocycles. The van der Waals surface area contributed by atoms with Crippen molar-refractivity contribution in [1.82, 2.24) is 15.5 Å². The summed E-state index contributed by atoms with van der Waals surface area (Å²) in [6.45, 7) is 6.21. The maximum Gasteiger partial charge on any atom is 0.222 e. The molecule has 2 rings (SSSR count). The summed E-state index contributed by atoms with van der Waals surface area (Å²) in [4.78, 5) is 19.3. The lowest BCUT2D eigenvalue weighted by molar-refractivity contribution is -0.127. The van der Waals surface area contributed by atoms with Crippen LogP contribution in [0, 0.1) is 0 Å². The number of hydrogen-bond donors (Lipinski definition) is 2. The largest absolute Gasteiger partial charge is 0.357 e. The Morgan fingerprint density at radius 2 is 2.32 bits per heavy atom. The van der Waals surface area contributed by atoms with Crippen LogP contribution in [-0.4, -0.2) is 42.9 Å². The summed E-state index contributed by atoms with van der Waals surface area (Å²) in [6.07, 6.45) is 2.69. The summed E-state index contributed by atoms with van der Waals surface area (Å²) in [6, 6.07) is 4.14. The van der Waals surface area contributed by atoms with E-state index in [-0.39, 0.29) is 24.0 Å². The molecule has 0 spiro atoms. The second kappa shape index (κ2) is 10.8. The first-order chi connectivity index (χ1) is 10.3. The fraction of sp³-hybridized carbons (Fsp3) is 0.600. The van der Waals surface area contributed by atoms with Gasteiger partial charge in [-0.1, -0.05) is 6.07 Å². The number of nitrogens with one attached hydrogen (secondary N) is 2. The predicted molar refractivity (Wildman–Crippen MR) is 103 cm³/mol. The van der Waals surface area contributed by atoms with E-state index in [1.807, 2.05) is 11.0 Å². The van der Waals surface area contributed by atoms with Crippen LogP contribution in [0.3, 0.4) is 0 Å². The van der Waals surface area contributed by atoms with Crippen LogP contribution >= 0.6 is 35.3 Å². The molecule has 0 atom stereocenters. The van der Waals surface area contributed by atoms with Gasteiger partial charge in [0, 0.05) is 37.5 Å². The molecule has 5 nitrogen and oxygen atoms in total. The predicted octanol–water partition coefficient (Wildman–Crippen LogP) is 2.43. The fourth-order valence-electron chi connectivity index (χ4n) is 2.32. The molecule has 0 unspecified atom stereocenters. The topological polar surface area (TPSA) is 56.7 Å². The van der Waals surface area contributed by atoms with Gasteiger partial charge in [0.05, 0.1) is 6.54 Å². The number of carbonyl (C=O) groups excluding carboxylic acids is 1. The normalized spacial score (nSPS) is 14.9. The molecular weight excluding hydrogens is 411 g/mol. The molecule has 22 heavy (non-hydrogen) atoms. The number of rotatable bonds is 7. The number of likely N-dealkylation sites (tertiary alicyclic amines) is 1. The first-order valence-corrected chi connectivity index (χ1v) is 8.50. The van der Waals surface area contributed by atoms with Gasteiger partial charge in [0.2, 0.25) is 5.91 Å². The molecule has 1 aromatic rings. The van der Waals surface area contributed by atoms with Crippen LogP contribution in [0.15, 0.2) is 22.5 Å². The standard InChI is InChI=1S/C15H24N4OS.HI/c1-2-16-15(18-12-13-6-4-11-21-13)17-8-5-10-19-9-3-7-14(19)20;/h4,6,11H,2-3,5,7-10,12H2,1H3,(H2,16,17,18);1H. The Kier molecular flexibility index (Phi) is 9.45. The minimum Gasteiger partial charge on any atom is -0.357 e. The van der Waals surface area contributed by atoms with Crippen molar-refractivity contribution in [3.05, 3.63) is 22.4 Å². The van der Waals surface area contributed by atoms with Gasteiger partial charge in [0.1, 0.15) is 0 Å². The second-order valence-electron chi connectivity index (χ2n) is 5.04. The van der Waals surface area contributed by atoms with Crippen molar-refractivity contribution in [2.45, 2.75) is 32.7 Å². The zero-order valence-electron chi connectivity index (χ0n) is 13.0. The first-order valence-electron chi connectivity index (χ1n) is 7.62. The van der Waals surface area contributed by atoms with Gasteiger partial charge in [-0.25, -0.2) is 4.99 Å².